The maximum absolute atomic E-state index is 12.0. The van der Waals surface area contributed by atoms with Crippen LogP contribution in [-0.4, -0.2) is 17.6 Å². The number of carbonyl (C=O) groups excluding carboxylic acids is 1. The van der Waals surface area contributed by atoms with Crippen molar-refractivity contribution in [1.29, 1.82) is 0 Å². The number of aromatic nitrogens is 1. The zero-order valence-corrected chi connectivity index (χ0v) is 9.77. The van der Waals surface area contributed by atoms with E-state index in [0.717, 1.165) is 19.5 Å². The molecule has 0 unspecified atom stereocenters. The molecular weight excluding hydrogens is 230 g/mol. The van der Waals surface area contributed by atoms with Gasteiger partial charge in [0, 0.05) is 12.1 Å². The van der Waals surface area contributed by atoms with Gasteiger partial charge in [0.05, 0.1) is 6.20 Å². The van der Waals surface area contributed by atoms with Gasteiger partial charge in [-0.2, -0.15) is 0 Å². The molecule has 1 amide bonds. The Labute approximate surface area is 104 Å². The van der Waals surface area contributed by atoms with Crippen molar-refractivity contribution < 1.29 is 9.32 Å². The van der Waals surface area contributed by atoms with Crippen LogP contribution in [0.3, 0.4) is 0 Å². The zero-order chi connectivity index (χ0) is 12.4. The number of nitrogens with one attached hydrogen (secondary N) is 2. The molecule has 1 aliphatic heterocycles. The van der Waals surface area contributed by atoms with E-state index < -0.39 is 0 Å². The van der Waals surface area contributed by atoms with E-state index in [1.165, 1.54) is 23.6 Å². The smallest absolute Gasteiger partial charge is 0.255 e. The second kappa shape index (κ2) is 4.62. The predicted molar refractivity (Wildman–Crippen MR) is 66.3 cm³/mol. The molecule has 1 aliphatic rings. The van der Waals surface area contributed by atoms with E-state index in [0.29, 0.717) is 11.3 Å². The van der Waals surface area contributed by atoms with Crippen LogP contribution in [0.5, 0.6) is 0 Å². The van der Waals surface area contributed by atoms with Crippen LogP contribution in [0.2, 0.25) is 0 Å². The van der Waals surface area contributed by atoms with Crippen molar-refractivity contribution in [2.45, 2.75) is 13.0 Å². The van der Waals surface area contributed by atoms with E-state index in [-0.39, 0.29) is 5.91 Å². The van der Waals surface area contributed by atoms with Crippen molar-refractivity contribution in [3.63, 3.8) is 0 Å². The van der Waals surface area contributed by atoms with Crippen LogP contribution in [0.4, 0.5) is 5.69 Å². The number of amides is 1. The van der Waals surface area contributed by atoms with Crippen LogP contribution in [0.25, 0.3) is 0 Å². The highest BCUT2D eigenvalue weighted by Gasteiger charge is 2.12. The number of anilines is 1. The topological polar surface area (TPSA) is 67.2 Å². The Hall–Kier alpha value is -2.14. The molecular formula is C13H13N3O2. The van der Waals surface area contributed by atoms with Gasteiger partial charge < -0.3 is 15.2 Å². The third-order valence-electron chi connectivity index (χ3n) is 3.05. The first-order chi connectivity index (χ1) is 8.83. The van der Waals surface area contributed by atoms with E-state index in [4.69, 9.17) is 0 Å². The van der Waals surface area contributed by atoms with Gasteiger partial charge in [-0.25, -0.2) is 0 Å². The Kier molecular flexibility index (Phi) is 2.82. The fourth-order valence-electron chi connectivity index (χ4n) is 2.09. The van der Waals surface area contributed by atoms with Gasteiger partial charge in [-0.15, -0.1) is 0 Å². The van der Waals surface area contributed by atoms with Crippen LogP contribution in [-0.2, 0) is 13.0 Å². The average Bonchev–Trinajstić information content (AvgIpc) is 2.91. The molecule has 0 bridgehead atoms. The van der Waals surface area contributed by atoms with Gasteiger partial charge in [0.25, 0.3) is 5.91 Å². The molecule has 0 saturated carbocycles. The van der Waals surface area contributed by atoms with Crippen LogP contribution < -0.4 is 10.6 Å². The molecule has 18 heavy (non-hydrogen) atoms. The monoisotopic (exact) mass is 243 g/mol. The maximum atomic E-state index is 12.0. The minimum Gasteiger partial charge on any atom is -0.363 e. The summed E-state index contributed by atoms with van der Waals surface area (Å²) >= 11 is 0. The highest BCUT2D eigenvalue weighted by molar-refractivity contribution is 6.04. The Morgan fingerprint density at radius 3 is 3.17 bits per heavy atom. The minimum atomic E-state index is -0.147. The van der Waals surface area contributed by atoms with Crippen LogP contribution in [0.15, 0.2) is 35.2 Å². The summed E-state index contributed by atoms with van der Waals surface area (Å²) in [6, 6.07) is 5.82. The fraction of sp³-hybridized carbons (Fsp3) is 0.231. The van der Waals surface area contributed by atoms with Crippen LogP contribution >= 0.6 is 0 Å². The summed E-state index contributed by atoms with van der Waals surface area (Å²) in [5.74, 6) is -0.147. The molecule has 0 fully saturated rings. The summed E-state index contributed by atoms with van der Waals surface area (Å²) < 4.78 is 4.67. The normalized spacial score (nSPS) is 14.0. The molecule has 92 valence electrons. The van der Waals surface area contributed by atoms with Gasteiger partial charge in [0.1, 0.15) is 12.0 Å². The molecule has 1 aromatic heterocycles. The van der Waals surface area contributed by atoms with Crippen LogP contribution in [0.1, 0.15) is 21.5 Å². The molecule has 2 heterocycles. The molecule has 0 spiro atoms. The highest BCUT2D eigenvalue weighted by atomic mass is 16.5. The lowest BCUT2D eigenvalue weighted by Crippen LogP contribution is -2.24. The van der Waals surface area contributed by atoms with Gasteiger partial charge in [-0.05, 0) is 36.2 Å². The van der Waals surface area contributed by atoms with E-state index in [2.05, 4.69) is 20.3 Å². The van der Waals surface area contributed by atoms with Crippen molar-refractivity contribution in [3.05, 3.63) is 47.3 Å². The van der Waals surface area contributed by atoms with E-state index in [1.54, 1.807) is 0 Å². The number of fused-ring (bicyclic) bond motifs is 1. The first kappa shape index (κ1) is 11.0. The van der Waals surface area contributed by atoms with E-state index in [9.17, 15) is 4.79 Å². The molecule has 5 heteroatoms. The lowest BCUT2D eigenvalue weighted by atomic mass is 9.98. The number of nitrogens with zero attached hydrogens (tertiary/aromatic N) is 1. The van der Waals surface area contributed by atoms with Crippen LogP contribution in [0, 0.1) is 0 Å². The predicted octanol–water partition coefficient (Wildman–Crippen LogP) is 1.57. The number of benzene rings is 1. The summed E-state index contributed by atoms with van der Waals surface area (Å²) in [5, 5.41) is 9.56. The Balaban J connectivity index is 1.81. The summed E-state index contributed by atoms with van der Waals surface area (Å²) in [6.45, 7) is 1.82. The third-order valence-corrected chi connectivity index (χ3v) is 3.05. The lowest BCUT2D eigenvalue weighted by Gasteiger charge is -2.17. The molecule has 0 radical (unpaired) electrons. The Morgan fingerprint density at radius 1 is 1.39 bits per heavy atom. The van der Waals surface area contributed by atoms with E-state index in [1.807, 2.05) is 18.2 Å². The quantitative estimate of drug-likeness (QED) is 0.840. The Bertz CT molecular complexity index is 564. The minimum absolute atomic E-state index is 0.147. The first-order valence-corrected chi connectivity index (χ1v) is 5.86. The standard InChI is InChI=1S/C13H13N3O2/c17-13(16-12-7-15-18-8-12)10-2-1-9-3-4-14-6-11(9)5-10/h1-2,5,7-8,14H,3-4,6H2,(H,16,17). The van der Waals surface area contributed by atoms with E-state index >= 15 is 0 Å². The molecule has 2 N–H and O–H groups in total. The second-order valence-corrected chi connectivity index (χ2v) is 4.28. The molecule has 2 aromatic rings. The third kappa shape index (κ3) is 2.12. The van der Waals surface area contributed by atoms with Gasteiger partial charge in [0.15, 0.2) is 0 Å². The van der Waals surface area contributed by atoms with Gasteiger partial charge in [0.2, 0.25) is 0 Å². The van der Waals surface area contributed by atoms with Crippen molar-refractivity contribution in [2.75, 3.05) is 11.9 Å². The largest absolute Gasteiger partial charge is 0.363 e. The fourth-order valence-corrected chi connectivity index (χ4v) is 2.09. The zero-order valence-electron chi connectivity index (χ0n) is 9.77. The summed E-state index contributed by atoms with van der Waals surface area (Å²) in [4.78, 5) is 12.0. The van der Waals surface area contributed by atoms with Gasteiger partial charge in [-0.3, -0.25) is 4.79 Å². The molecule has 0 aliphatic carbocycles. The number of rotatable bonds is 2. The second-order valence-electron chi connectivity index (χ2n) is 4.28. The lowest BCUT2D eigenvalue weighted by molar-refractivity contribution is 0.102. The summed E-state index contributed by atoms with van der Waals surface area (Å²) in [7, 11) is 0. The van der Waals surface area contributed by atoms with Crippen molar-refractivity contribution in [1.82, 2.24) is 10.5 Å². The molecule has 0 saturated heterocycles. The summed E-state index contributed by atoms with van der Waals surface area (Å²) in [6.07, 6.45) is 3.89. The first-order valence-electron chi connectivity index (χ1n) is 5.86. The molecule has 5 nitrogen and oxygen atoms in total. The highest BCUT2D eigenvalue weighted by Crippen LogP contribution is 2.17. The maximum Gasteiger partial charge on any atom is 0.255 e. The molecule has 1 aromatic carbocycles. The van der Waals surface area contributed by atoms with Crippen molar-refractivity contribution in [3.8, 4) is 0 Å². The molecule has 3 rings (SSSR count). The summed E-state index contributed by atoms with van der Waals surface area (Å²) in [5.41, 5.74) is 3.73. The number of carbonyl (C=O) groups is 1. The average molecular weight is 243 g/mol. The number of hydrogen-bond acceptors (Lipinski definition) is 4. The van der Waals surface area contributed by atoms with Gasteiger partial charge >= 0.3 is 0 Å². The molecule has 0 atom stereocenters. The van der Waals surface area contributed by atoms with Crippen molar-refractivity contribution >= 4 is 11.6 Å². The number of hydrogen-bond donors (Lipinski definition) is 2. The van der Waals surface area contributed by atoms with Gasteiger partial charge in [-0.1, -0.05) is 11.2 Å². The Morgan fingerprint density at radius 2 is 2.33 bits per heavy atom. The van der Waals surface area contributed by atoms with Crippen molar-refractivity contribution in [2.24, 2.45) is 0 Å². The SMILES string of the molecule is O=C(Nc1cnoc1)c1ccc2c(c1)CNCC2.